The minimum Gasteiger partial charge on any atom is -0.381 e. The zero-order chi connectivity index (χ0) is 23.9. The summed E-state index contributed by atoms with van der Waals surface area (Å²) in [6.07, 6.45) is 20.5. The first kappa shape index (κ1) is 26.6. The van der Waals surface area contributed by atoms with Crippen LogP contribution in [-0.4, -0.2) is 19.7 Å². The molecule has 0 aromatic heterocycles. The quantitative estimate of drug-likeness (QED) is 0.302. The van der Waals surface area contributed by atoms with Crippen molar-refractivity contribution >= 4 is 15.9 Å². The highest BCUT2D eigenvalue weighted by Gasteiger charge is 2.49. The van der Waals surface area contributed by atoms with Gasteiger partial charge in [0.2, 0.25) is 0 Å². The molecule has 1 unspecified atom stereocenters. The maximum Gasteiger partial charge on any atom is 0.534 e. The SMILES string of the molecule is O=C1CCC(C2CCCCC2)CC1.O=S(=O)(OC1=CCC(C2CCCCC2)CC1)C(F)(F)F. The number of alkyl halides is 3. The molecule has 0 aromatic carbocycles. The summed E-state index contributed by atoms with van der Waals surface area (Å²) in [6, 6.07) is 0. The van der Waals surface area contributed by atoms with E-state index in [0.29, 0.717) is 30.5 Å². The van der Waals surface area contributed by atoms with Gasteiger partial charge in [0.15, 0.2) is 0 Å². The highest BCUT2D eigenvalue weighted by atomic mass is 32.2. The number of ketones is 1. The van der Waals surface area contributed by atoms with Gasteiger partial charge in [-0.15, -0.1) is 0 Å². The molecule has 0 spiro atoms. The standard InChI is InChI=1S/C13H19F3O3S.C12H20O/c14-13(15,16)20(17,18)19-12-8-6-11(7-9-12)10-4-2-1-3-5-10;13-12-8-6-11(7-9-12)10-4-2-1-3-5-10/h8,10-11H,1-7,9H2;10-11H,1-9H2. The first-order chi connectivity index (χ1) is 15.7. The van der Waals surface area contributed by atoms with Crippen molar-refractivity contribution in [2.75, 3.05) is 0 Å². The predicted molar refractivity (Wildman–Crippen MR) is 122 cm³/mol. The van der Waals surface area contributed by atoms with Crippen LogP contribution in [0.5, 0.6) is 0 Å². The van der Waals surface area contributed by atoms with Crippen molar-refractivity contribution in [1.82, 2.24) is 0 Å². The Morgan fingerprint density at radius 3 is 1.61 bits per heavy atom. The van der Waals surface area contributed by atoms with Crippen LogP contribution < -0.4 is 0 Å². The van der Waals surface area contributed by atoms with Crippen LogP contribution in [-0.2, 0) is 19.1 Å². The molecule has 4 aliphatic carbocycles. The third kappa shape index (κ3) is 8.00. The molecule has 4 nitrogen and oxygen atoms in total. The molecule has 0 aliphatic heterocycles. The van der Waals surface area contributed by atoms with Gasteiger partial charge in [0.25, 0.3) is 0 Å². The lowest BCUT2D eigenvalue weighted by Gasteiger charge is -2.32. The maximum absolute atomic E-state index is 12.2. The van der Waals surface area contributed by atoms with Crippen molar-refractivity contribution in [2.45, 2.75) is 115 Å². The largest absolute Gasteiger partial charge is 0.534 e. The van der Waals surface area contributed by atoms with Crippen LogP contribution in [0.3, 0.4) is 0 Å². The third-order valence-corrected chi connectivity index (χ3v) is 9.13. The Labute approximate surface area is 196 Å². The van der Waals surface area contributed by atoms with Gasteiger partial charge in [-0.2, -0.15) is 21.6 Å². The Hall–Kier alpha value is -1.05. The number of carbonyl (C=O) groups is 1. The van der Waals surface area contributed by atoms with Gasteiger partial charge in [0.05, 0.1) is 0 Å². The molecule has 0 saturated heterocycles. The Morgan fingerprint density at radius 1 is 0.697 bits per heavy atom. The van der Waals surface area contributed by atoms with Crippen molar-refractivity contribution < 1.29 is 30.6 Å². The van der Waals surface area contributed by atoms with Gasteiger partial charge in [-0.05, 0) is 55.4 Å². The molecule has 3 fully saturated rings. The molecule has 0 radical (unpaired) electrons. The van der Waals surface area contributed by atoms with Gasteiger partial charge in [-0.25, -0.2) is 0 Å². The number of carbonyl (C=O) groups excluding carboxylic acids is 1. The fourth-order valence-electron chi connectivity index (χ4n) is 6.17. The van der Waals surface area contributed by atoms with E-state index in [0.717, 1.165) is 24.7 Å². The Kier molecular flexibility index (Phi) is 9.72. The second-order valence-corrected chi connectivity index (χ2v) is 11.9. The molecule has 0 bridgehead atoms. The minimum absolute atomic E-state index is 0.0608. The summed E-state index contributed by atoms with van der Waals surface area (Å²) in [4.78, 5) is 11.1. The molecule has 0 amide bonds. The fourth-order valence-corrected chi connectivity index (χ4v) is 6.69. The van der Waals surface area contributed by atoms with E-state index in [2.05, 4.69) is 4.18 Å². The van der Waals surface area contributed by atoms with Gasteiger partial charge in [0.1, 0.15) is 11.5 Å². The summed E-state index contributed by atoms with van der Waals surface area (Å²) in [5, 5.41) is 0. The topological polar surface area (TPSA) is 60.4 Å². The molecule has 33 heavy (non-hydrogen) atoms. The zero-order valence-electron chi connectivity index (χ0n) is 19.6. The van der Waals surface area contributed by atoms with E-state index in [4.69, 9.17) is 0 Å². The number of hydrogen-bond donors (Lipinski definition) is 0. The van der Waals surface area contributed by atoms with Gasteiger partial charge < -0.3 is 4.18 Å². The van der Waals surface area contributed by atoms with Gasteiger partial charge in [-0.3, -0.25) is 4.79 Å². The molecule has 8 heteroatoms. The minimum atomic E-state index is -5.51. The normalized spacial score (nSPS) is 26.8. The third-order valence-electron chi connectivity index (χ3n) is 8.13. The van der Waals surface area contributed by atoms with Crippen molar-refractivity contribution in [3.8, 4) is 0 Å². The van der Waals surface area contributed by atoms with Crippen LogP contribution in [0.4, 0.5) is 13.2 Å². The highest BCUT2D eigenvalue weighted by molar-refractivity contribution is 7.87. The van der Waals surface area contributed by atoms with Crippen LogP contribution in [0.15, 0.2) is 11.8 Å². The van der Waals surface area contributed by atoms with E-state index in [1.807, 2.05) is 0 Å². The summed E-state index contributed by atoms with van der Waals surface area (Å²) in [5.41, 5.74) is -5.35. The summed E-state index contributed by atoms with van der Waals surface area (Å²) in [7, 11) is -5.51. The van der Waals surface area contributed by atoms with E-state index in [-0.39, 0.29) is 12.2 Å². The number of allylic oxidation sites excluding steroid dienone is 2. The van der Waals surface area contributed by atoms with Crippen LogP contribution in [0.25, 0.3) is 0 Å². The number of halogens is 3. The van der Waals surface area contributed by atoms with Gasteiger partial charge >= 0.3 is 15.6 Å². The van der Waals surface area contributed by atoms with E-state index in [1.165, 1.54) is 83.1 Å². The van der Waals surface area contributed by atoms with E-state index >= 15 is 0 Å². The average molecular weight is 493 g/mol. The monoisotopic (exact) mass is 492 g/mol. The highest BCUT2D eigenvalue weighted by Crippen LogP contribution is 2.39. The lowest BCUT2D eigenvalue weighted by atomic mass is 9.73. The zero-order valence-corrected chi connectivity index (χ0v) is 20.4. The van der Waals surface area contributed by atoms with Crippen molar-refractivity contribution in [3.63, 3.8) is 0 Å². The van der Waals surface area contributed by atoms with Crippen LogP contribution >= 0.6 is 0 Å². The second kappa shape index (κ2) is 12.1. The lowest BCUT2D eigenvalue weighted by Crippen LogP contribution is -2.26. The number of hydrogen-bond acceptors (Lipinski definition) is 4. The average Bonchev–Trinajstić information content (AvgIpc) is 2.81. The van der Waals surface area contributed by atoms with Crippen molar-refractivity contribution in [3.05, 3.63) is 11.8 Å². The van der Waals surface area contributed by atoms with Gasteiger partial charge in [-0.1, -0.05) is 64.2 Å². The predicted octanol–water partition coefficient (Wildman–Crippen LogP) is 7.44. The Morgan fingerprint density at radius 2 is 1.15 bits per heavy atom. The molecular formula is C25H39F3O4S. The van der Waals surface area contributed by atoms with Crippen LogP contribution in [0.1, 0.15) is 109 Å². The van der Waals surface area contributed by atoms with E-state index in [1.54, 1.807) is 0 Å². The summed E-state index contributed by atoms with van der Waals surface area (Å²) in [6.45, 7) is 0. The summed E-state index contributed by atoms with van der Waals surface area (Å²) >= 11 is 0. The van der Waals surface area contributed by atoms with Crippen molar-refractivity contribution in [1.29, 1.82) is 0 Å². The first-order valence-corrected chi connectivity index (χ1v) is 14.3. The molecule has 0 heterocycles. The molecule has 0 aromatic rings. The van der Waals surface area contributed by atoms with E-state index < -0.39 is 15.6 Å². The molecule has 0 N–H and O–H groups in total. The number of Topliss-reactive ketones (excluding diaryl/α,β-unsaturated/α-hetero) is 1. The summed E-state index contributed by atoms with van der Waals surface area (Å²) < 4.78 is 62.7. The fraction of sp³-hybridized carbons (Fsp3) is 0.880. The molecule has 4 rings (SSSR count). The number of rotatable bonds is 4. The van der Waals surface area contributed by atoms with Crippen LogP contribution in [0, 0.1) is 23.7 Å². The van der Waals surface area contributed by atoms with E-state index in [9.17, 15) is 26.4 Å². The van der Waals surface area contributed by atoms with Crippen molar-refractivity contribution in [2.24, 2.45) is 23.7 Å². The first-order valence-electron chi connectivity index (χ1n) is 12.9. The molecule has 1 atom stereocenters. The lowest BCUT2D eigenvalue weighted by molar-refractivity contribution is -0.121. The maximum atomic E-state index is 12.2. The second-order valence-electron chi connectivity index (χ2n) is 10.4. The molecular weight excluding hydrogens is 453 g/mol. The Bertz CT molecular complexity index is 753. The molecule has 190 valence electrons. The van der Waals surface area contributed by atoms with Crippen LogP contribution in [0.2, 0.25) is 0 Å². The Balaban J connectivity index is 0.000000203. The summed E-state index contributed by atoms with van der Waals surface area (Å²) in [5.74, 6) is 3.40. The van der Waals surface area contributed by atoms with Gasteiger partial charge in [0, 0.05) is 19.3 Å². The smallest absolute Gasteiger partial charge is 0.381 e. The molecule has 4 aliphatic rings. The molecule has 3 saturated carbocycles.